The zero-order chi connectivity index (χ0) is 13.9. The molecule has 2 aromatic rings. The van der Waals surface area contributed by atoms with Crippen LogP contribution in [0.5, 0.6) is 0 Å². The fourth-order valence-corrected chi connectivity index (χ4v) is 2.54. The van der Waals surface area contributed by atoms with E-state index in [1.54, 1.807) is 0 Å². The van der Waals surface area contributed by atoms with Crippen LogP contribution < -0.4 is 5.32 Å². The SMILES string of the molecule is Cc1nc(SCCNC(=O)c2cc(C3CC3)[nH]n2)n[nH]1. The molecule has 3 N–H and O–H groups in total. The van der Waals surface area contributed by atoms with E-state index < -0.39 is 0 Å². The Kier molecular flexibility index (Phi) is 3.72. The largest absolute Gasteiger partial charge is 0.350 e. The fourth-order valence-electron chi connectivity index (χ4n) is 1.84. The van der Waals surface area contributed by atoms with Gasteiger partial charge in [-0.05, 0) is 25.8 Å². The maximum atomic E-state index is 11.9. The Morgan fingerprint density at radius 2 is 2.30 bits per heavy atom. The lowest BCUT2D eigenvalue weighted by Crippen LogP contribution is -2.26. The molecule has 2 aromatic heterocycles. The summed E-state index contributed by atoms with van der Waals surface area (Å²) in [6.07, 6.45) is 2.38. The predicted octanol–water partition coefficient (Wildman–Crippen LogP) is 1.24. The Balaban J connectivity index is 1.42. The average molecular weight is 292 g/mol. The third kappa shape index (κ3) is 3.19. The van der Waals surface area contributed by atoms with Gasteiger partial charge in [0.2, 0.25) is 5.16 Å². The highest BCUT2D eigenvalue weighted by atomic mass is 32.2. The average Bonchev–Trinajstić information content (AvgIpc) is 3.02. The van der Waals surface area contributed by atoms with Crippen molar-refractivity contribution < 1.29 is 4.79 Å². The van der Waals surface area contributed by atoms with Crippen molar-refractivity contribution in [3.63, 3.8) is 0 Å². The van der Waals surface area contributed by atoms with Gasteiger partial charge in [0.15, 0.2) is 0 Å². The number of rotatable bonds is 6. The fraction of sp³-hybridized carbons (Fsp3) is 0.500. The molecule has 2 heterocycles. The quantitative estimate of drug-likeness (QED) is 0.549. The normalized spacial score (nSPS) is 14.4. The second-order valence-electron chi connectivity index (χ2n) is 4.79. The molecule has 1 aliphatic rings. The van der Waals surface area contributed by atoms with E-state index in [4.69, 9.17) is 0 Å². The van der Waals surface area contributed by atoms with Gasteiger partial charge in [-0.25, -0.2) is 4.98 Å². The Morgan fingerprint density at radius 3 is 3.00 bits per heavy atom. The molecule has 0 atom stereocenters. The highest BCUT2D eigenvalue weighted by molar-refractivity contribution is 7.99. The predicted molar refractivity (Wildman–Crippen MR) is 74.7 cm³/mol. The van der Waals surface area contributed by atoms with Crippen LogP contribution in [0.15, 0.2) is 11.2 Å². The minimum absolute atomic E-state index is 0.139. The highest BCUT2D eigenvalue weighted by Crippen LogP contribution is 2.38. The molecule has 20 heavy (non-hydrogen) atoms. The standard InChI is InChI=1S/C12H16N6OS/c1-7-14-12(18-15-7)20-5-4-13-11(19)10-6-9(16-17-10)8-2-3-8/h6,8H,2-5H2,1H3,(H,13,19)(H,16,17)(H,14,15,18). The van der Waals surface area contributed by atoms with Crippen LogP contribution in [0.2, 0.25) is 0 Å². The summed E-state index contributed by atoms with van der Waals surface area (Å²) in [5, 5.41) is 17.3. The summed E-state index contributed by atoms with van der Waals surface area (Å²) in [7, 11) is 0. The smallest absolute Gasteiger partial charge is 0.271 e. The minimum atomic E-state index is -0.139. The number of carbonyl (C=O) groups excluding carboxylic acids is 1. The summed E-state index contributed by atoms with van der Waals surface area (Å²) < 4.78 is 0. The summed E-state index contributed by atoms with van der Waals surface area (Å²) in [4.78, 5) is 16.1. The van der Waals surface area contributed by atoms with E-state index in [0.717, 1.165) is 17.3 Å². The van der Waals surface area contributed by atoms with Gasteiger partial charge in [-0.2, -0.15) is 5.10 Å². The number of hydrogen-bond donors (Lipinski definition) is 3. The molecule has 1 amide bonds. The zero-order valence-corrected chi connectivity index (χ0v) is 12.0. The summed E-state index contributed by atoms with van der Waals surface area (Å²) in [6.45, 7) is 2.41. The zero-order valence-electron chi connectivity index (χ0n) is 11.1. The number of aromatic nitrogens is 5. The molecule has 1 fully saturated rings. The van der Waals surface area contributed by atoms with Gasteiger partial charge in [0.25, 0.3) is 5.91 Å². The molecule has 0 unspecified atom stereocenters. The number of amides is 1. The topological polar surface area (TPSA) is 99.3 Å². The Labute approximate surface area is 120 Å². The molecule has 0 saturated heterocycles. The number of aryl methyl sites for hydroxylation is 1. The van der Waals surface area contributed by atoms with E-state index in [2.05, 4.69) is 30.7 Å². The van der Waals surface area contributed by atoms with Gasteiger partial charge in [0.05, 0.1) is 0 Å². The van der Waals surface area contributed by atoms with Crippen LogP contribution in [0.3, 0.4) is 0 Å². The number of nitrogens with zero attached hydrogens (tertiary/aromatic N) is 3. The van der Waals surface area contributed by atoms with Crippen LogP contribution in [-0.2, 0) is 0 Å². The molecular formula is C12H16N6OS. The van der Waals surface area contributed by atoms with E-state index in [1.807, 2.05) is 13.0 Å². The van der Waals surface area contributed by atoms with Gasteiger partial charge in [-0.1, -0.05) is 11.8 Å². The molecule has 1 aliphatic carbocycles. The molecular weight excluding hydrogens is 276 g/mol. The molecule has 0 aromatic carbocycles. The first-order valence-corrected chi connectivity index (χ1v) is 7.56. The maximum Gasteiger partial charge on any atom is 0.271 e. The third-order valence-electron chi connectivity index (χ3n) is 3.04. The van der Waals surface area contributed by atoms with E-state index in [9.17, 15) is 4.79 Å². The van der Waals surface area contributed by atoms with Gasteiger partial charge in [0, 0.05) is 23.9 Å². The third-order valence-corrected chi connectivity index (χ3v) is 3.89. The van der Waals surface area contributed by atoms with Gasteiger partial charge >= 0.3 is 0 Å². The van der Waals surface area contributed by atoms with Crippen LogP contribution in [-0.4, -0.2) is 43.6 Å². The molecule has 0 bridgehead atoms. The molecule has 3 rings (SSSR count). The number of thioether (sulfide) groups is 1. The van der Waals surface area contributed by atoms with Crippen molar-refractivity contribution in [1.82, 2.24) is 30.7 Å². The molecule has 0 radical (unpaired) electrons. The number of aromatic amines is 2. The lowest BCUT2D eigenvalue weighted by molar-refractivity contribution is 0.0951. The van der Waals surface area contributed by atoms with Crippen LogP contribution in [0, 0.1) is 6.92 Å². The Bertz CT molecular complexity index is 603. The van der Waals surface area contributed by atoms with Crippen molar-refractivity contribution in [2.24, 2.45) is 0 Å². The number of nitrogens with one attached hydrogen (secondary N) is 3. The van der Waals surface area contributed by atoms with E-state index in [-0.39, 0.29) is 5.91 Å². The van der Waals surface area contributed by atoms with Crippen LogP contribution >= 0.6 is 11.8 Å². The summed E-state index contributed by atoms with van der Waals surface area (Å²) >= 11 is 1.50. The van der Waals surface area contributed by atoms with Crippen molar-refractivity contribution in [2.75, 3.05) is 12.3 Å². The number of carbonyl (C=O) groups is 1. The Hall–Kier alpha value is -1.83. The molecule has 7 nitrogen and oxygen atoms in total. The molecule has 8 heteroatoms. The second-order valence-corrected chi connectivity index (χ2v) is 5.85. The van der Waals surface area contributed by atoms with Crippen molar-refractivity contribution >= 4 is 17.7 Å². The number of H-pyrrole nitrogens is 2. The van der Waals surface area contributed by atoms with Crippen LogP contribution in [0.4, 0.5) is 0 Å². The summed E-state index contributed by atoms with van der Waals surface area (Å²) in [6, 6.07) is 1.85. The monoisotopic (exact) mass is 292 g/mol. The molecule has 0 spiro atoms. The molecule has 1 saturated carbocycles. The van der Waals surface area contributed by atoms with Crippen LogP contribution in [0.25, 0.3) is 0 Å². The lowest BCUT2D eigenvalue weighted by Gasteiger charge is -2.00. The van der Waals surface area contributed by atoms with Gasteiger partial charge < -0.3 is 5.32 Å². The van der Waals surface area contributed by atoms with Gasteiger partial charge in [-0.3, -0.25) is 15.0 Å². The van der Waals surface area contributed by atoms with Crippen molar-refractivity contribution in [1.29, 1.82) is 0 Å². The summed E-state index contributed by atoms with van der Waals surface area (Å²) in [5.41, 5.74) is 1.53. The first-order chi connectivity index (χ1) is 9.72. The van der Waals surface area contributed by atoms with E-state index >= 15 is 0 Å². The van der Waals surface area contributed by atoms with E-state index in [0.29, 0.717) is 23.3 Å². The van der Waals surface area contributed by atoms with Crippen molar-refractivity contribution in [2.45, 2.75) is 30.8 Å². The molecule has 106 valence electrons. The van der Waals surface area contributed by atoms with Crippen LogP contribution in [0.1, 0.15) is 40.8 Å². The van der Waals surface area contributed by atoms with Gasteiger partial charge in [-0.15, -0.1) is 5.10 Å². The second kappa shape index (κ2) is 5.66. The van der Waals surface area contributed by atoms with Crippen molar-refractivity contribution in [3.8, 4) is 0 Å². The maximum absolute atomic E-state index is 11.9. The first-order valence-electron chi connectivity index (χ1n) is 6.57. The minimum Gasteiger partial charge on any atom is -0.350 e. The first kappa shape index (κ1) is 13.2. The van der Waals surface area contributed by atoms with Crippen molar-refractivity contribution in [3.05, 3.63) is 23.3 Å². The summed E-state index contributed by atoms with van der Waals surface area (Å²) in [5.74, 6) is 1.96. The number of hydrogen-bond acceptors (Lipinski definition) is 5. The highest BCUT2D eigenvalue weighted by Gasteiger charge is 2.26. The molecule has 0 aliphatic heterocycles. The van der Waals surface area contributed by atoms with E-state index in [1.165, 1.54) is 24.6 Å². The van der Waals surface area contributed by atoms with Gasteiger partial charge in [0.1, 0.15) is 11.5 Å². The Morgan fingerprint density at radius 1 is 1.45 bits per heavy atom. The lowest BCUT2D eigenvalue weighted by atomic mass is 10.2.